The van der Waals surface area contributed by atoms with Gasteiger partial charge in [-0.1, -0.05) is 63.7 Å². The number of allylic oxidation sites excluding steroid dienone is 2. The molecule has 2 nitrogen and oxygen atoms in total. The van der Waals surface area contributed by atoms with Crippen LogP contribution in [0, 0.1) is 23.7 Å². The van der Waals surface area contributed by atoms with E-state index in [1.165, 1.54) is 0 Å². The van der Waals surface area contributed by atoms with E-state index in [1.807, 2.05) is 0 Å². The lowest BCUT2D eigenvalue weighted by Crippen LogP contribution is -2.71. The van der Waals surface area contributed by atoms with Crippen molar-refractivity contribution in [2.45, 2.75) is 33.1 Å². The Kier molecular flexibility index (Phi) is 3.91. The smallest absolute Gasteiger partial charge is 0.255 e. The fourth-order valence-electron chi connectivity index (χ4n) is 4.61. The number of hydrogen-bond donors (Lipinski definition) is 0. The monoisotopic (exact) mass is 648 g/mol. The van der Waals surface area contributed by atoms with Crippen LogP contribution in [0.15, 0.2) is 8.96 Å². The lowest BCUT2D eigenvalue weighted by molar-refractivity contribution is -0.351. The first-order valence-corrected chi connectivity index (χ1v) is 9.98. The van der Waals surface area contributed by atoms with Crippen molar-refractivity contribution in [1.82, 2.24) is 0 Å². The third kappa shape index (κ3) is 2.00. The first kappa shape index (κ1) is 20.3. The molecule has 5 aliphatic rings. The van der Waals surface area contributed by atoms with Gasteiger partial charge in [0.15, 0.2) is 0 Å². The van der Waals surface area contributed by atoms with Crippen LogP contribution < -0.4 is 0 Å². The molecule has 0 amide bonds. The van der Waals surface area contributed by atoms with Crippen molar-refractivity contribution in [3.8, 4) is 0 Å². The lowest BCUT2D eigenvalue weighted by Gasteiger charge is -2.60. The Labute approximate surface area is 173 Å². The predicted molar refractivity (Wildman–Crippen MR) is 84.1 cm³/mol. The maximum Gasteiger partial charge on any atom is 0.365 e. The fraction of sp³-hybridized carbons (Fsp3) is 0.833. The molecule has 0 aromatic heterocycles. The highest BCUT2D eigenvalue weighted by molar-refractivity contribution is 9.16. The van der Waals surface area contributed by atoms with Gasteiger partial charge in [-0.2, -0.15) is 35.1 Å². The number of rotatable bonds is 0. The number of hydrogen-bond acceptors (Lipinski definition) is 2. The van der Waals surface area contributed by atoms with Gasteiger partial charge in [-0.3, -0.25) is 9.47 Å². The molecule has 0 radical (unpaired) electrons. The summed E-state index contributed by atoms with van der Waals surface area (Å²) in [6.07, 6.45) is -18.3. The van der Waals surface area contributed by atoms with Gasteiger partial charge in [-0.05, 0) is 0 Å². The zero-order chi connectivity index (χ0) is 19.9. The highest BCUT2D eigenvalue weighted by Crippen LogP contribution is 2.82. The molecule has 2 aliphatic heterocycles. The first-order chi connectivity index (χ1) is 11.5. The van der Waals surface area contributed by atoms with Gasteiger partial charge in [-0.15, -0.1) is 0 Å². The van der Waals surface area contributed by atoms with Crippen molar-refractivity contribution in [2.24, 2.45) is 23.7 Å². The third-order valence-corrected chi connectivity index (χ3v) is 11.8. The summed E-state index contributed by atoms with van der Waals surface area (Å²) >= 11 is 11.1. The molecule has 4 unspecified atom stereocenters. The Hall–Kier alpha value is 1.02. The lowest BCUT2D eigenvalue weighted by atomic mass is 9.52. The normalized spacial score (nSPS) is 52.2. The molecule has 1 saturated carbocycles. The van der Waals surface area contributed by atoms with Gasteiger partial charge in [0.1, 0.15) is 0 Å². The van der Waals surface area contributed by atoms with Gasteiger partial charge < -0.3 is 0 Å². The molecule has 2 heterocycles. The van der Waals surface area contributed by atoms with Crippen LogP contribution in [0.1, 0.15) is 0 Å². The van der Waals surface area contributed by atoms with Crippen LogP contribution in [0.5, 0.6) is 0 Å². The van der Waals surface area contributed by atoms with Gasteiger partial charge in [0, 0.05) is 8.96 Å². The average Bonchev–Trinajstić information content (AvgIpc) is 2.75. The highest BCUT2D eigenvalue weighted by atomic mass is 79.9. The number of ether oxygens (including phenoxy) is 2. The molecule has 2 saturated heterocycles. The van der Waals surface area contributed by atoms with Crippen LogP contribution in [0.25, 0.3) is 0 Å². The van der Waals surface area contributed by atoms with Gasteiger partial charge >= 0.3 is 24.4 Å². The highest BCUT2D eigenvalue weighted by Gasteiger charge is 2.92. The average molecular weight is 652 g/mol. The van der Waals surface area contributed by atoms with Crippen molar-refractivity contribution in [1.29, 1.82) is 0 Å². The Balaban J connectivity index is 2.11. The molecule has 0 spiro atoms. The van der Waals surface area contributed by atoms with E-state index in [-0.39, 0.29) is 0 Å². The van der Waals surface area contributed by atoms with Gasteiger partial charge in [0.05, 0.1) is 32.3 Å². The summed E-state index contributed by atoms with van der Waals surface area (Å²) in [5.74, 6) is -10.4. The van der Waals surface area contributed by atoms with E-state index in [0.717, 1.165) is 0 Å². The predicted octanol–water partition coefficient (Wildman–Crippen LogP) is 6.18. The van der Waals surface area contributed by atoms with E-state index in [1.54, 1.807) is 0 Å². The fourth-order valence-corrected chi connectivity index (χ4v) is 9.31. The third-order valence-electron chi connectivity index (χ3n) is 5.34. The zero-order valence-electron chi connectivity index (χ0n) is 11.7. The second-order valence-electron chi connectivity index (χ2n) is 6.53. The van der Waals surface area contributed by atoms with E-state index < -0.39 is 65.7 Å². The summed E-state index contributed by atoms with van der Waals surface area (Å²) in [6.45, 7) is 0. The van der Waals surface area contributed by atoms with Crippen LogP contribution in [0.3, 0.4) is 0 Å². The maximum absolute atomic E-state index is 14.4. The zero-order valence-corrected chi connectivity index (χ0v) is 18.0. The minimum Gasteiger partial charge on any atom is -0.255 e. The summed E-state index contributed by atoms with van der Waals surface area (Å²) in [6, 6.07) is 0. The minimum absolute atomic E-state index is 0.425. The second kappa shape index (κ2) is 5.01. The second-order valence-corrected chi connectivity index (χ2v) is 10.7. The quantitative estimate of drug-likeness (QED) is 0.230. The topological polar surface area (TPSA) is 18.5 Å². The van der Waals surface area contributed by atoms with Crippen molar-refractivity contribution in [2.75, 3.05) is 0 Å². The SMILES string of the molecule is FC1(F)OC(F)(F)C2C1C1(Br)C(Br)=C(Br)C2(Br)C2C1C(F)(F)OC2(F)F. The Morgan fingerprint density at radius 1 is 0.538 bits per heavy atom. The molecule has 2 bridgehead atoms. The molecule has 148 valence electrons. The van der Waals surface area contributed by atoms with E-state index in [2.05, 4.69) is 73.2 Å². The van der Waals surface area contributed by atoms with Crippen molar-refractivity contribution in [3.05, 3.63) is 8.96 Å². The molecule has 14 heteroatoms. The van der Waals surface area contributed by atoms with Crippen molar-refractivity contribution >= 4 is 63.7 Å². The maximum atomic E-state index is 14.4. The summed E-state index contributed by atoms with van der Waals surface area (Å²) in [7, 11) is 0. The molecule has 26 heavy (non-hydrogen) atoms. The molecule has 3 fully saturated rings. The molecular weight excluding hydrogens is 648 g/mol. The van der Waals surface area contributed by atoms with Crippen LogP contribution in [0.4, 0.5) is 35.1 Å². The van der Waals surface area contributed by atoms with Gasteiger partial charge in [-0.25, -0.2) is 0 Å². The minimum atomic E-state index is -4.58. The van der Waals surface area contributed by atoms with Gasteiger partial charge in [0.2, 0.25) is 0 Å². The van der Waals surface area contributed by atoms with Crippen LogP contribution in [-0.4, -0.2) is 33.1 Å². The summed E-state index contributed by atoms with van der Waals surface area (Å²) < 4.78 is 116. The largest absolute Gasteiger partial charge is 0.365 e. The summed E-state index contributed by atoms with van der Waals surface area (Å²) in [5.41, 5.74) is 0. The van der Waals surface area contributed by atoms with Crippen molar-refractivity contribution < 1.29 is 44.6 Å². The van der Waals surface area contributed by atoms with Crippen LogP contribution >= 0.6 is 63.7 Å². The summed E-state index contributed by atoms with van der Waals surface area (Å²) in [4.78, 5) is 0. The number of alkyl halides is 10. The molecule has 5 rings (SSSR count). The standard InChI is InChI=1S/C12H4Br4F8O2/c13-5-6(14)8(16)2-1(9(17,18)25-10(2,19)20)7(5,15)3-4(8)12(23,24)26-11(3,21)22/h1-4H. The van der Waals surface area contributed by atoms with Gasteiger partial charge in [0.25, 0.3) is 0 Å². The molecule has 3 aliphatic carbocycles. The molecular formula is C12H4Br4F8O2. The van der Waals surface area contributed by atoms with Crippen molar-refractivity contribution in [3.63, 3.8) is 0 Å². The molecule has 0 aromatic rings. The van der Waals surface area contributed by atoms with E-state index in [4.69, 9.17) is 0 Å². The Bertz CT molecular complexity index is 641. The van der Waals surface area contributed by atoms with E-state index >= 15 is 0 Å². The molecule has 0 N–H and O–H groups in total. The van der Waals surface area contributed by atoms with E-state index in [0.29, 0.717) is 0 Å². The van der Waals surface area contributed by atoms with Crippen LogP contribution in [-0.2, 0) is 9.47 Å². The molecule has 0 aromatic carbocycles. The molecule has 4 atom stereocenters. The number of halogens is 12. The first-order valence-electron chi connectivity index (χ1n) is 6.81. The van der Waals surface area contributed by atoms with E-state index in [9.17, 15) is 35.1 Å². The Morgan fingerprint density at radius 2 is 0.731 bits per heavy atom. The summed E-state index contributed by atoms with van der Waals surface area (Å²) in [5, 5.41) is 0. The van der Waals surface area contributed by atoms with Crippen LogP contribution in [0.2, 0.25) is 0 Å². The Morgan fingerprint density at radius 3 is 0.923 bits per heavy atom.